The summed E-state index contributed by atoms with van der Waals surface area (Å²) in [5.41, 5.74) is 0.270. The molecule has 2 aromatic carbocycles. The Hall–Kier alpha value is -3.64. The van der Waals surface area contributed by atoms with Crippen LogP contribution in [0.5, 0.6) is 11.5 Å². The van der Waals surface area contributed by atoms with Crippen molar-refractivity contribution in [3.05, 3.63) is 52.6 Å². The lowest BCUT2D eigenvalue weighted by Crippen LogP contribution is -2.42. The molecule has 3 rings (SSSR count). The summed E-state index contributed by atoms with van der Waals surface area (Å²) in [7, 11) is 2.93. The number of nitrogens with one attached hydrogen (secondary N) is 1. The van der Waals surface area contributed by atoms with Crippen LogP contribution in [0, 0.1) is 10.1 Å². The van der Waals surface area contributed by atoms with Gasteiger partial charge in [0.1, 0.15) is 28.1 Å². The average Bonchev–Trinajstić information content (AvgIpc) is 3.14. The average molecular weight is 517 g/mol. The first-order valence-corrected chi connectivity index (χ1v) is 12.1. The molecule has 192 valence electrons. The number of aliphatic imine (C=N–C) groups is 1. The Balaban J connectivity index is 1.84. The van der Waals surface area contributed by atoms with Gasteiger partial charge in [0.25, 0.3) is 5.69 Å². The Morgan fingerprint density at radius 2 is 2.03 bits per heavy atom. The lowest BCUT2D eigenvalue weighted by atomic mass is 10.2. The van der Waals surface area contributed by atoms with E-state index < -0.39 is 16.1 Å². The summed E-state index contributed by atoms with van der Waals surface area (Å²) >= 11 is 1.16. The SMILES string of the molecule is CCOc1ccccc1N=C1S[C@@H](CC(=O)Nc2ccc(OC)cc2[N+](=O)[O-])C(=O)N1[C@H](C)COC. The lowest BCUT2D eigenvalue weighted by molar-refractivity contribution is -0.384. The summed E-state index contributed by atoms with van der Waals surface area (Å²) in [4.78, 5) is 43.2. The number of amidine groups is 1. The predicted octanol–water partition coefficient (Wildman–Crippen LogP) is 4.00. The van der Waals surface area contributed by atoms with Crippen molar-refractivity contribution < 1.29 is 28.7 Å². The van der Waals surface area contributed by atoms with E-state index in [4.69, 9.17) is 14.2 Å². The number of amides is 2. The molecule has 1 aliphatic heterocycles. The molecule has 12 heteroatoms. The third kappa shape index (κ3) is 6.32. The van der Waals surface area contributed by atoms with E-state index in [1.807, 2.05) is 26.0 Å². The van der Waals surface area contributed by atoms with E-state index in [1.54, 1.807) is 12.1 Å². The summed E-state index contributed by atoms with van der Waals surface area (Å²) in [6, 6.07) is 11.0. The Labute approximate surface area is 213 Å². The van der Waals surface area contributed by atoms with Gasteiger partial charge in [0.2, 0.25) is 11.8 Å². The number of methoxy groups -OCH3 is 2. The molecule has 2 atom stereocenters. The number of rotatable bonds is 11. The zero-order valence-electron chi connectivity index (χ0n) is 20.4. The maximum atomic E-state index is 13.3. The summed E-state index contributed by atoms with van der Waals surface area (Å²) < 4.78 is 15.9. The highest BCUT2D eigenvalue weighted by atomic mass is 32.2. The number of thioether (sulfide) groups is 1. The van der Waals surface area contributed by atoms with E-state index in [0.717, 1.165) is 11.8 Å². The van der Waals surface area contributed by atoms with Gasteiger partial charge in [-0.3, -0.25) is 24.6 Å². The summed E-state index contributed by atoms with van der Waals surface area (Å²) in [6.07, 6.45) is -0.199. The monoisotopic (exact) mass is 516 g/mol. The fraction of sp³-hybridized carbons (Fsp3) is 0.375. The molecule has 1 saturated heterocycles. The third-order valence-corrected chi connectivity index (χ3v) is 6.39. The van der Waals surface area contributed by atoms with Crippen LogP contribution in [0.1, 0.15) is 20.3 Å². The number of anilines is 1. The molecule has 1 fully saturated rings. The highest BCUT2D eigenvalue weighted by molar-refractivity contribution is 8.15. The Morgan fingerprint density at radius 3 is 2.69 bits per heavy atom. The summed E-state index contributed by atoms with van der Waals surface area (Å²) in [6.45, 7) is 4.43. The highest BCUT2D eigenvalue weighted by Gasteiger charge is 2.41. The number of para-hydroxylation sites is 2. The van der Waals surface area contributed by atoms with Gasteiger partial charge < -0.3 is 19.5 Å². The molecule has 11 nitrogen and oxygen atoms in total. The normalized spacial score (nSPS) is 17.2. The molecule has 0 radical (unpaired) electrons. The van der Waals surface area contributed by atoms with Crippen LogP contribution >= 0.6 is 11.8 Å². The molecule has 1 aliphatic rings. The zero-order valence-corrected chi connectivity index (χ0v) is 21.2. The molecular formula is C24H28N4O7S. The Morgan fingerprint density at radius 1 is 1.28 bits per heavy atom. The number of benzene rings is 2. The van der Waals surface area contributed by atoms with Crippen molar-refractivity contribution >= 4 is 45.8 Å². The fourth-order valence-electron chi connectivity index (χ4n) is 3.61. The van der Waals surface area contributed by atoms with Crippen LogP contribution in [-0.4, -0.2) is 65.5 Å². The number of nitro groups is 1. The number of nitro benzene ring substituents is 1. The summed E-state index contributed by atoms with van der Waals surface area (Å²) in [5, 5.41) is 13.6. The standard InChI is InChI=1S/C24H28N4O7S/c1-5-35-20-9-7-6-8-18(20)26-24-27(15(2)14-33-3)23(30)21(36-24)13-22(29)25-17-11-10-16(34-4)12-19(17)28(31)32/h6-12,15,21H,5,13-14H2,1-4H3,(H,25,29)/t15-,21+/m1/s1. The van der Waals surface area contributed by atoms with Gasteiger partial charge in [0, 0.05) is 13.5 Å². The molecule has 1 heterocycles. The van der Waals surface area contributed by atoms with E-state index in [0.29, 0.717) is 23.2 Å². The first kappa shape index (κ1) is 27.0. The van der Waals surface area contributed by atoms with Crippen molar-refractivity contribution in [1.82, 2.24) is 4.90 Å². The minimum absolute atomic E-state index is 0.0189. The second kappa shape index (κ2) is 12.4. The molecule has 2 aromatic rings. The van der Waals surface area contributed by atoms with Crippen LogP contribution in [0.2, 0.25) is 0 Å². The van der Waals surface area contributed by atoms with Gasteiger partial charge in [-0.05, 0) is 38.1 Å². The maximum Gasteiger partial charge on any atom is 0.296 e. The number of hydrogen-bond acceptors (Lipinski definition) is 9. The van der Waals surface area contributed by atoms with Gasteiger partial charge >= 0.3 is 0 Å². The van der Waals surface area contributed by atoms with Crippen LogP contribution in [-0.2, 0) is 14.3 Å². The molecule has 0 bridgehead atoms. The molecule has 0 aliphatic carbocycles. The van der Waals surface area contributed by atoms with E-state index in [9.17, 15) is 19.7 Å². The summed E-state index contributed by atoms with van der Waals surface area (Å²) in [5.74, 6) is 0.0334. The van der Waals surface area contributed by atoms with E-state index in [2.05, 4.69) is 10.3 Å². The second-order valence-corrected chi connectivity index (χ2v) is 8.98. The van der Waals surface area contributed by atoms with Crippen LogP contribution in [0.25, 0.3) is 0 Å². The third-order valence-electron chi connectivity index (χ3n) is 5.24. The molecule has 1 N–H and O–H groups in total. The van der Waals surface area contributed by atoms with Crippen LogP contribution < -0.4 is 14.8 Å². The fourth-order valence-corrected chi connectivity index (χ4v) is 4.85. The van der Waals surface area contributed by atoms with Crippen molar-refractivity contribution in [3.63, 3.8) is 0 Å². The van der Waals surface area contributed by atoms with E-state index in [1.165, 1.54) is 37.3 Å². The van der Waals surface area contributed by atoms with Gasteiger partial charge in [0.15, 0.2) is 5.17 Å². The smallest absolute Gasteiger partial charge is 0.296 e. The zero-order chi connectivity index (χ0) is 26.2. The van der Waals surface area contributed by atoms with Gasteiger partial charge in [-0.25, -0.2) is 4.99 Å². The first-order chi connectivity index (χ1) is 17.3. The molecule has 36 heavy (non-hydrogen) atoms. The first-order valence-electron chi connectivity index (χ1n) is 11.2. The minimum Gasteiger partial charge on any atom is -0.496 e. The van der Waals surface area contributed by atoms with Crippen molar-refractivity contribution in [1.29, 1.82) is 0 Å². The Kier molecular flexibility index (Phi) is 9.25. The van der Waals surface area contributed by atoms with Crippen molar-refractivity contribution in [2.45, 2.75) is 31.6 Å². The molecule has 0 unspecified atom stereocenters. The second-order valence-electron chi connectivity index (χ2n) is 7.81. The Bertz CT molecular complexity index is 1160. The number of hydrogen-bond donors (Lipinski definition) is 1. The number of carbonyl (C=O) groups excluding carboxylic acids is 2. The largest absolute Gasteiger partial charge is 0.496 e. The van der Waals surface area contributed by atoms with Crippen LogP contribution in [0.3, 0.4) is 0 Å². The van der Waals surface area contributed by atoms with Gasteiger partial charge in [-0.15, -0.1) is 0 Å². The molecule has 0 spiro atoms. The van der Waals surface area contributed by atoms with Gasteiger partial charge in [-0.1, -0.05) is 23.9 Å². The maximum absolute atomic E-state index is 13.3. The molecular weight excluding hydrogens is 488 g/mol. The predicted molar refractivity (Wildman–Crippen MR) is 137 cm³/mol. The lowest BCUT2D eigenvalue weighted by Gasteiger charge is -2.23. The topological polar surface area (TPSA) is 133 Å². The number of ether oxygens (including phenoxy) is 3. The minimum atomic E-state index is -0.764. The molecule has 0 aromatic heterocycles. The van der Waals surface area contributed by atoms with Crippen molar-refractivity contribution in [2.75, 3.05) is 32.8 Å². The molecule has 2 amide bonds. The number of nitrogens with zero attached hydrogens (tertiary/aromatic N) is 3. The van der Waals surface area contributed by atoms with Gasteiger partial charge in [0.05, 0.1) is 37.4 Å². The van der Waals surface area contributed by atoms with E-state index >= 15 is 0 Å². The van der Waals surface area contributed by atoms with E-state index in [-0.39, 0.29) is 42.1 Å². The highest BCUT2D eigenvalue weighted by Crippen LogP contribution is 2.36. The quantitative estimate of drug-likeness (QED) is 0.350. The number of carbonyl (C=O) groups is 2. The van der Waals surface area contributed by atoms with Crippen molar-refractivity contribution in [3.8, 4) is 11.5 Å². The van der Waals surface area contributed by atoms with Crippen LogP contribution in [0.15, 0.2) is 47.5 Å². The molecule has 0 saturated carbocycles. The van der Waals surface area contributed by atoms with Crippen molar-refractivity contribution in [2.24, 2.45) is 4.99 Å². The van der Waals surface area contributed by atoms with Crippen LogP contribution in [0.4, 0.5) is 17.1 Å². The van der Waals surface area contributed by atoms with Gasteiger partial charge in [-0.2, -0.15) is 0 Å².